The predicted octanol–water partition coefficient (Wildman–Crippen LogP) is 4.41. The van der Waals surface area contributed by atoms with Crippen LogP contribution in [0, 0.1) is 24.4 Å². The Morgan fingerprint density at radius 3 is 2.15 bits per heavy atom. The van der Waals surface area contributed by atoms with Gasteiger partial charge in [-0.3, -0.25) is 4.79 Å². The third kappa shape index (κ3) is 2.99. The summed E-state index contributed by atoms with van der Waals surface area (Å²) in [4.78, 5) is 11.5. The van der Waals surface area contributed by atoms with Crippen LogP contribution in [-0.4, -0.2) is 5.78 Å². The van der Waals surface area contributed by atoms with Crippen molar-refractivity contribution < 1.29 is 22.7 Å². The van der Waals surface area contributed by atoms with Gasteiger partial charge in [0.05, 0.1) is 5.56 Å². The molecule has 0 saturated heterocycles. The highest BCUT2D eigenvalue weighted by Gasteiger charge is 2.14. The van der Waals surface area contributed by atoms with Crippen molar-refractivity contribution in [3.05, 3.63) is 58.9 Å². The van der Waals surface area contributed by atoms with Gasteiger partial charge < -0.3 is 4.74 Å². The predicted molar refractivity (Wildman–Crippen MR) is 67.6 cm³/mol. The molecule has 0 amide bonds. The van der Waals surface area contributed by atoms with Gasteiger partial charge in [0.2, 0.25) is 0 Å². The molecule has 0 saturated carbocycles. The van der Waals surface area contributed by atoms with Crippen LogP contribution in [0.4, 0.5) is 13.2 Å². The van der Waals surface area contributed by atoms with Crippen LogP contribution in [0.5, 0.6) is 11.5 Å². The van der Waals surface area contributed by atoms with Crippen molar-refractivity contribution in [2.75, 3.05) is 0 Å². The summed E-state index contributed by atoms with van der Waals surface area (Å²) in [6, 6.07) is 5.02. The molecular formula is C15H11F3O2. The number of carbonyl (C=O) groups is 1. The SMILES string of the molecule is CC(=O)c1cc(F)c(C)cc1Oc1cc(F)cc(F)c1. The zero-order valence-corrected chi connectivity index (χ0v) is 10.8. The average Bonchev–Trinajstić information content (AvgIpc) is 2.31. The van der Waals surface area contributed by atoms with E-state index in [1.165, 1.54) is 19.9 Å². The number of hydrogen-bond acceptors (Lipinski definition) is 2. The largest absolute Gasteiger partial charge is 0.456 e. The highest BCUT2D eigenvalue weighted by molar-refractivity contribution is 5.97. The van der Waals surface area contributed by atoms with Gasteiger partial charge in [0.25, 0.3) is 0 Å². The lowest BCUT2D eigenvalue weighted by atomic mass is 10.1. The molecule has 20 heavy (non-hydrogen) atoms. The molecule has 0 spiro atoms. The first kappa shape index (κ1) is 14.1. The maximum absolute atomic E-state index is 13.5. The highest BCUT2D eigenvalue weighted by Crippen LogP contribution is 2.29. The first-order valence-corrected chi connectivity index (χ1v) is 5.82. The number of halogens is 3. The van der Waals surface area contributed by atoms with Crippen LogP contribution in [0.15, 0.2) is 30.3 Å². The molecule has 2 aromatic rings. The summed E-state index contributed by atoms with van der Waals surface area (Å²) in [5, 5.41) is 0. The van der Waals surface area contributed by atoms with Gasteiger partial charge in [-0.1, -0.05) is 0 Å². The molecule has 0 aromatic heterocycles. The fourth-order valence-corrected chi connectivity index (χ4v) is 1.73. The van der Waals surface area contributed by atoms with Crippen molar-refractivity contribution in [3.63, 3.8) is 0 Å². The summed E-state index contributed by atoms with van der Waals surface area (Å²) in [5.41, 5.74) is 0.277. The Kier molecular flexibility index (Phi) is 3.79. The number of ketones is 1. The molecule has 5 heteroatoms. The van der Waals surface area contributed by atoms with E-state index >= 15 is 0 Å². The van der Waals surface area contributed by atoms with Crippen LogP contribution >= 0.6 is 0 Å². The van der Waals surface area contributed by atoms with Crippen LogP contribution in [0.25, 0.3) is 0 Å². The maximum atomic E-state index is 13.5. The van der Waals surface area contributed by atoms with E-state index in [1.54, 1.807) is 0 Å². The lowest BCUT2D eigenvalue weighted by molar-refractivity contribution is 0.101. The Hall–Kier alpha value is -2.30. The Morgan fingerprint density at radius 1 is 1.00 bits per heavy atom. The van der Waals surface area contributed by atoms with E-state index in [2.05, 4.69) is 0 Å². The summed E-state index contributed by atoms with van der Waals surface area (Å²) in [6.07, 6.45) is 0. The number of Topliss-reactive ketones (excluding diaryl/α,β-unsaturated/α-hetero) is 1. The van der Waals surface area contributed by atoms with Gasteiger partial charge in [0.15, 0.2) is 5.78 Å². The highest BCUT2D eigenvalue weighted by atomic mass is 19.1. The van der Waals surface area contributed by atoms with E-state index in [9.17, 15) is 18.0 Å². The molecule has 0 fully saturated rings. The molecule has 0 unspecified atom stereocenters. The lowest BCUT2D eigenvalue weighted by Gasteiger charge is -2.11. The van der Waals surface area contributed by atoms with Crippen molar-refractivity contribution in [2.45, 2.75) is 13.8 Å². The molecule has 104 valence electrons. The van der Waals surface area contributed by atoms with E-state index < -0.39 is 23.2 Å². The minimum absolute atomic E-state index is 0.0118. The summed E-state index contributed by atoms with van der Waals surface area (Å²) < 4.78 is 44.9. The molecule has 0 aliphatic heterocycles. The van der Waals surface area contributed by atoms with Crippen LogP contribution in [-0.2, 0) is 0 Å². The lowest BCUT2D eigenvalue weighted by Crippen LogP contribution is -2.00. The van der Waals surface area contributed by atoms with Crippen LogP contribution in [0.1, 0.15) is 22.8 Å². The Labute approximate surface area is 113 Å². The number of benzene rings is 2. The minimum Gasteiger partial charge on any atom is -0.456 e. The van der Waals surface area contributed by atoms with Gasteiger partial charge in [-0.05, 0) is 31.5 Å². The van der Waals surface area contributed by atoms with E-state index in [4.69, 9.17) is 4.74 Å². The van der Waals surface area contributed by atoms with Crippen molar-refractivity contribution in [1.29, 1.82) is 0 Å². The molecular weight excluding hydrogens is 269 g/mol. The number of carbonyl (C=O) groups excluding carboxylic acids is 1. The van der Waals surface area contributed by atoms with Gasteiger partial charge in [-0.15, -0.1) is 0 Å². The second-order valence-corrected chi connectivity index (χ2v) is 4.36. The molecule has 2 aromatic carbocycles. The molecule has 0 aliphatic carbocycles. The summed E-state index contributed by atoms with van der Waals surface area (Å²) in [6.45, 7) is 2.75. The van der Waals surface area contributed by atoms with Gasteiger partial charge in [-0.25, -0.2) is 13.2 Å². The van der Waals surface area contributed by atoms with Gasteiger partial charge in [0.1, 0.15) is 29.0 Å². The van der Waals surface area contributed by atoms with E-state index in [0.717, 1.165) is 18.2 Å². The number of aryl methyl sites for hydroxylation is 1. The second kappa shape index (κ2) is 5.36. The standard InChI is InChI=1S/C15H11F3O2/c1-8-3-15(13(9(2)19)7-14(8)18)20-12-5-10(16)4-11(17)6-12/h3-7H,1-2H3. The average molecular weight is 280 g/mol. The summed E-state index contributed by atoms with van der Waals surface area (Å²) >= 11 is 0. The van der Waals surface area contributed by atoms with Crippen LogP contribution in [0.3, 0.4) is 0 Å². The van der Waals surface area contributed by atoms with Crippen molar-refractivity contribution in [1.82, 2.24) is 0 Å². The fourth-order valence-electron chi connectivity index (χ4n) is 1.73. The van der Waals surface area contributed by atoms with E-state index in [-0.39, 0.29) is 22.6 Å². The van der Waals surface area contributed by atoms with Crippen molar-refractivity contribution in [2.24, 2.45) is 0 Å². The first-order valence-electron chi connectivity index (χ1n) is 5.82. The molecule has 0 heterocycles. The maximum Gasteiger partial charge on any atom is 0.163 e. The summed E-state index contributed by atoms with van der Waals surface area (Å²) in [5.74, 6) is -2.60. The Morgan fingerprint density at radius 2 is 1.60 bits per heavy atom. The summed E-state index contributed by atoms with van der Waals surface area (Å²) in [7, 11) is 0. The van der Waals surface area contributed by atoms with Crippen LogP contribution in [0.2, 0.25) is 0 Å². The van der Waals surface area contributed by atoms with Crippen LogP contribution < -0.4 is 4.74 Å². The van der Waals surface area contributed by atoms with Gasteiger partial charge in [-0.2, -0.15) is 0 Å². The van der Waals surface area contributed by atoms with E-state index in [1.807, 2.05) is 0 Å². The molecule has 2 rings (SSSR count). The second-order valence-electron chi connectivity index (χ2n) is 4.36. The molecule has 0 N–H and O–H groups in total. The number of ether oxygens (including phenoxy) is 1. The smallest absolute Gasteiger partial charge is 0.163 e. The zero-order valence-electron chi connectivity index (χ0n) is 10.8. The molecule has 0 bridgehead atoms. The Balaban J connectivity index is 2.47. The quantitative estimate of drug-likeness (QED) is 0.778. The molecule has 0 aliphatic rings. The fraction of sp³-hybridized carbons (Fsp3) is 0.133. The zero-order chi connectivity index (χ0) is 14.9. The number of rotatable bonds is 3. The van der Waals surface area contributed by atoms with Crippen molar-refractivity contribution in [3.8, 4) is 11.5 Å². The third-order valence-electron chi connectivity index (χ3n) is 2.70. The minimum atomic E-state index is -0.803. The van der Waals surface area contributed by atoms with Crippen molar-refractivity contribution >= 4 is 5.78 Å². The molecule has 0 atom stereocenters. The third-order valence-corrected chi connectivity index (χ3v) is 2.70. The first-order chi connectivity index (χ1) is 9.36. The topological polar surface area (TPSA) is 26.3 Å². The monoisotopic (exact) mass is 280 g/mol. The van der Waals surface area contributed by atoms with Gasteiger partial charge in [0, 0.05) is 18.2 Å². The van der Waals surface area contributed by atoms with E-state index in [0.29, 0.717) is 6.07 Å². The molecule has 0 radical (unpaired) electrons. The molecule has 2 nitrogen and oxygen atoms in total. The Bertz CT molecular complexity index is 661. The number of hydrogen-bond donors (Lipinski definition) is 0. The van der Waals surface area contributed by atoms with Gasteiger partial charge >= 0.3 is 0 Å². The normalized spacial score (nSPS) is 10.4.